The van der Waals surface area contributed by atoms with Crippen molar-refractivity contribution in [1.29, 1.82) is 0 Å². The van der Waals surface area contributed by atoms with Gasteiger partial charge in [-0.15, -0.1) is 11.3 Å². The van der Waals surface area contributed by atoms with Crippen molar-refractivity contribution in [3.05, 3.63) is 75.5 Å². The Morgan fingerprint density at radius 2 is 1.54 bits per heavy atom. The molecule has 6 heteroatoms. The molecule has 2 N–H and O–H groups in total. The van der Waals surface area contributed by atoms with Crippen LogP contribution in [0.3, 0.4) is 0 Å². The molecule has 1 fully saturated rings. The summed E-state index contributed by atoms with van der Waals surface area (Å²) in [5.41, 5.74) is 4.60. The molecule has 5 nitrogen and oxygen atoms in total. The summed E-state index contributed by atoms with van der Waals surface area (Å²) in [4.78, 5) is 40.3. The maximum atomic E-state index is 13.4. The van der Waals surface area contributed by atoms with E-state index in [1.807, 2.05) is 54.6 Å². The Morgan fingerprint density at radius 1 is 0.857 bits per heavy atom. The zero-order valence-electron chi connectivity index (χ0n) is 19.6. The number of carbonyl (C=O) groups is 3. The lowest BCUT2D eigenvalue weighted by Crippen LogP contribution is -2.33. The molecule has 180 valence electrons. The second-order valence-electron chi connectivity index (χ2n) is 9.53. The van der Waals surface area contributed by atoms with Gasteiger partial charge in [-0.3, -0.25) is 14.4 Å². The third kappa shape index (κ3) is 4.94. The molecule has 1 heterocycles. The second kappa shape index (κ2) is 10.2. The third-order valence-corrected chi connectivity index (χ3v) is 8.59. The topological polar surface area (TPSA) is 83.5 Å². The first kappa shape index (κ1) is 23.5. The first-order chi connectivity index (χ1) is 17.0. The lowest BCUT2D eigenvalue weighted by molar-refractivity contribution is -0.148. The molecular weight excluding hydrogens is 458 g/mol. The van der Waals surface area contributed by atoms with Crippen molar-refractivity contribution in [1.82, 2.24) is 0 Å². The van der Waals surface area contributed by atoms with Gasteiger partial charge in [0.1, 0.15) is 5.78 Å². The van der Waals surface area contributed by atoms with Gasteiger partial charge in [-0.2, -0.15) is 0 Å². The van der Waals surface area contributed by atoms with Gasteiger partial charge in [0, 0.05) is 27.8 Å². The van der Waals surface area contributed by atoms with Crippen LogP contribution in [0.1, 0.15) is 57.8 Å². The van der Waals surface area contributed by atoms with Crippen LogP contribution in [0, 0.1) is 11.8 Å². The van der Waals surface area contributed by atoms with E-state index in [4.69, 9.17) is 0 Å². The van der Waals surface area contributed by atoms with Crippen molar-refractivity contribution in [3.63, 3.8) is 0 Å². The van der Waals surface area contributed by atoms with Gasteiger partial charge in [0.2, 0.25) is 0 Å². The number of nitrogens with one attached hydrogen (secondary N) is 1. The van der Waals surface area contributed by atoms with Crippen LogP contribution in [0.4, 0.5) is 5.69 Å². The van der Waals surface area contributed by atoms with Crippen molar-refractivity contribution in [2.45, 2.75) is 51.4 Å². The van der Waals surface area contributed by atoms with Crippen LogP contribution >= 0.6 is 11.3 Å². The van der Waals surface area contributed by atoms with E-state index < -0.39 is 17.8 Å². The molecule has 1 aromatic heterocycles. The number of thiophene rings is 1. The third-order valence-electron chi connectivity index (χ3n) is 7.30. The van der Waals surface area contributed by atoms with Gasteiger partial charge in [0.15, 0.2) is 0 Å². The fourth-order valence-corrected chi connectivity index (χ4v) is 6.92. The van der Waals surface area contributed by atoms with Crippen molar-refractivity contribution in [2.75, 3.05) is 5.32 Å². The number of ketones is 1. The molecule has 0 radical (unpaired) electrons. The van der Waals surface area contributed by atoms with E-state index in [2.05, 4.69) is 5.32 Å². The van der Waals surface area contributed by atoms with E-state index in [9.17, 15) is 19.5 Å². The molecule has 0 saturated heterocycles. The Kier molecular flexibility index (Phi) is 6.82. The van der Waals surface area contributed by atoms with E-state index in [-0.39, 0.29) is 18.1 Å². The average Bonchev–Trinajstić information content (AvgIpc) is 3.46. The van der Waals surface area contributed by atoms with E-state index in [0.29, 0.717) is 24.1 Å². The molecule has 2 unspecified atom stereocenters. The van der Waals surface area contributed by atoms with Gasteiger partial charge in [-0.25, -0.2) is 0 Å². The van der Waals surface area contributed by atoms with Gasteiger partial charge in [-0.1, -0.05) is 55.3 Å². The van der Waals surface area contributed by atoms with Gasteiger partial charge in [0.25, 0.3) is 5.91 Å². The van der Waals surface area contributed by atoms with Crippen molar-refractivity contribution >= 4 is 34.7 Å². The van der Waals surface area contributed by atoms with E-state index >= 15 is 0 Å². The summed E-state index contributed by atoms with van der Waals surface area (Å²) in [6.07, 6.45) is 5.85. The number of benzene rings is 2. The molecule has 2 aromatic carbocycles. The van der Waals surface area contributed by atoms with Crippen LogP contribution in [0.25, 0.3) is 11.1 Å². The number of anilines is 1. The number of hydrogen-bond acceptors (Lipinski definition) is 4. The molecule has 5 rings (SSSR count). The number of carbonyl (C=O) groups excluding carboxylic acids is 2. The number of Topliss-reactive ketones (excluding diaryl/α,β-unsaturated/α-hetero) is 1. The summed E-state index contributed by atoms with van der Waals surface area (Å²) in [7, 11) is 0. The summed E-state index contributed by atoms with van der Waals surface area (Å²) in [5.74, 6) is -2.17. The lowest BCUT2D eigenvalue weighted by Gasteiger charge is -2.27. The number of amides is 1. The Balaban J connectivity index is 1.35. The first-order valence-electron chi connectivity index (χ1n) is 12.4. The minimum Gasteiger partial charge on any atom is -0.481 e. The fraction of sp³-hybridized carbons (Fsp3) is 0.345. The average molecular weight is 488 g/mol. The summed E-state index contributed by atoms with van der Waals surface area (Å²) < 4.78 is 0. The number of carboxylic acid groups (broad SMARTS) is 1. The normalized spacial score (nSPS) is 19.2. The minimum absolute atomic E-state index is 0.0433. The van der Waals surface area contributed by atoms with Crippen LogP contribution < -0.4 is 5.32 Å². The molecule has 35 heavy (non-hydrogen) atoms. The van der Waals surface area contributed by atoms with Crippen LogP contribution in [0.15, 0.2) is 54.6 Å². The maximum Gasteiger partial charge on any atom is 0.307 e. The lowest BCUT2D eigenvalue weighted by atomic mass is 9.76. The molecular formula is C29H29NO4S. The molecule has 0 bridgehead atoms. The standard InChI is InChI=1S/C29H29NO4S/c31-24(21-9-4-5-10-22(21)29(33)34)17-26-27(23-11-6-12-25(23)35-26)28(32)30-20-15-13-19(14-16-20)18-7-2-1-3-8-18/h1-3,7-8,13-16,21-22H,4-6,9-12,17H2,(H,30,32)(H,33,34). The highest BCUT2D eigenvalue weighted by Gasteiger charge is 2.37. The molecule has 1 saturated carbocycles. The predicted molar refractivity (Wildman–Crippen MR) is 138 cm³/mol. The summed E-state index contributed by atoms with van der Waals surface area (Å²) >= 11 is 1.56. The molecule has 2 aliphatic rings. The van der Waals surface area contributed by atoms with Gasteiger partial charge < -0.3 is 10.4 Å². The predicted octanol–water partition coefficient (Wildman–Crippen LogP) is 6.16. The number of hydrogen-bond donors (Lipinski definition) is 2. The van der Waals surface area contributed by atoms with Gasteiger partial charge >= 0.3 is 5.97 Å². The highest BCUT2D eigenvalue weighted by Crippen LogP contribution is 2.38. The Hall–Kier alpha value is -3.25. The van der Waals surface area contributed by atoms with Crippen molar-refractivity contribution in [3.8, 4) is 11.1 Å². The van der Waals surface area contributed by atoms with Gasteiger partial charge in [-0.05, 0) is 60.9 Å². The monoisotopic (exact) mass is 487 g/mol. The number of rotatable bonds is 7. The smallest absolute Gasteiger partial charge is 0.307 e. The van der Waals surface area contributed by atoms with Crippen LogP contribution in [0.2, 0.25) is 0 Å². The van der Waals surface area contributed by atoms with Gasteiger partial charge in [0.05, 0.1) is 11.5 Å². The summed E-state index contributed by atoms with van der Waals surface area (Å²) in [5, 5.41) is 12.6. The van der Waals surface area contributed by atoms with Crippen LogP contribution in [0.5, 0.6) is 0 Å². The molecule has 2 atom stereocenters. The molecule has 1 amide bonds. The second-order valence-corrected chi connectivity index (χ2v) is 10.7. The van der Waals surface area contributed by atoms with Crippen molar-refractivity contribution < 1.29 is 19.5 Å². The zero-order valence-corrected chi connectivity index (χ0v) is 20.4. The Labute approximate surface area is 209 Å². The summed E-state index contributed by atoms with van der Waals surface area (Å²) in [6.45, 7) is 0. The number of carboxylic acids is 1. The van der Waals surface area contributed by atoms with E-state index in [0.717, 1.165) is 53.7 Å². The molecule has 0 spiro atoms. The minimum atomic E-state index is -0.881. The number of fused-ring (bicyclic) bond motifs is 1. The zero-order chi connectivity index (χ0) is 24.4. The largest absolute Gasteiger partial charge is 0.481 e. The van der Waals surface area contributed by atoms with E-state index in [1.54, 1.807) is 11.3 Å². The Morgan fingerprint density at radius 3 is 2.26 bits per heavy atom. The number of aliphatic carboxylic acids is 1. The molecule has 3 aromatic rings. The van der Waals surface area contributed by atoms with Crippen LogP contribution in [-0.4, -0.2) is 22.8 Å². The number of aryl methyl sites for hydroxylation is 1. The summed E-state index contributed by atoms with van der Waals surface area (Å²) in [6, 6.07) is 17.8. The molecule has 0 aliphatic heterocycles. The molecule has 2 aliphatic carbocycles. The SMILES string of the molecule is O=C(Nc1ccc(-c2ccccc2)cc1)c1c(CC(=O)C2CCCCC2C(=O)O)sc2c1CCC2. The maximum absolute atomic E-state index is 13.4. The Bertz CT molecular complexity index is 1250. The van der Waals surface area contributed by atoms with Crippen LogP contribution in [-0.2, 0) is 28.9 Å². The highest BCUT2D eigenvalue weighted by atomic mass is 32.1. The quantitative estimate of drug-likeness (QED) is 0.418. The fourth-order valence-electron chi connectivity index (χ4n) is 5.52. The van der Waals surface area contributed by atoms with E-state index in [1.165, 1.54) is 4.88 Å². The first-order valence-corrected chi connectivity index (χ1v) is 13.2. The highest BCUT2D eigenvalue weighted by molar-refractivity contribution is 7.12. The van der Waals surface area contributed by atoms with Crippen molar-refractivity contribution in [2.24, 2.45) is 11.8 Å².